The third-order valence-electron chi connectivity index (χ3n) is 1.55. The zero-order valence-corrected chi connectivity index (χ0v) is 16.5. The highest BCUT2D eigenvalue weighted by molar-refractivity contribution is 6.66. The molecule has 0 saturated heterocycles. The van der Waals surface area contributed by atoms with Crippen LogP contribution < -0.4 is 0 Å². The van der Waals surface area contributed by atoms with Crippen LogP contribution in [0, 0.1) is 0 Å². The zero-order chi connectivity index (χ0) is 14.6. The maximum absolute atomic E-state index is 5.44. The van der Waals surface area contributed by atoms with Gasteiger partial charge in [-0.1, -0.05) is 41.4 Å². The summed E-state index contributed by atoms with van der Waals surface area (Å²) in [5, 5.41) is 0. The van der Waals surface area contributed by atoms with Crippen molar-refractivity contribution >= 4 is 53.8 Å². The molecule has 0 bridgehead atoms. The largest absolute Gasteiger partial charge is 0.528 e. The van der Waals surface area contributed by atoms with Crippen molar-refractivity contribution in [2.75, 3.05) is 19.8 Å². The Morgan fingerprint density at radius 1 is 1.06 bits per heavy atom. The molecule has 0 unspecified atom stereocenters. The van der Waals surface area contributed by atoms with Crippen LogP contribution in [0.25, 0.3) is 0 Å². The van der Waals surface area contributed by atoms with E-state index in [0.717, 1.165) is 10.2 Å². The van der Waals surface area contributed by atoms with Gasteiger partial charge in [0.1, 0.15) is 4.49 Å². The Morgan fingerprint density at radius 3 is 1.44 bits per heavy atom. The summed E-state index contributed by atoms with van der Waals surface area (Å²) in [4.78, 5) is 0. The molecule has 0 saturated carbocycles. The monoisotopic (exact) mass is 350 g/mol. The Morgan fingerprint density at radius 2 is 1.33 bits per heavy atom. The van der Waals surface area contributed by atoms with E-state index in [9.17, 15) is 0 Å². The molecule has 0 atom stereocenters. The summed E-state index contributed by atoms with van der Waals surface area (Å²) >= 11 is 15.6. The van der Waals surface area contributed by atoms with Crippen molar-refractivity contribution in [2.24, 2.45) is 0 Å². The summed E-state index contributed by atoms with van der Waals surface area (Å²) in [5.41, 5.74) is 1.67. The molecule has 0 aliphatic heterocycles. The molecule has 3 nitrogen and oxygen atoms in total. The van der Waals surface area contributed by atoms with Gasteiger partial charge < -0.3 is 13.3 Å². The van der Waals surface area contributed by atoms with Gasteiger partial charge in [-0.05, 0) is 26.5 Å². The second kappa shape index (κ2) is 12.7. The predicted molar refractivity (Wildman–Crippen MR) is 85.4 cm³/mol. The van der Waals surface area contributed by atoms with Crippen LogP contribution >= 0.6 is 34.8 Å². The predicted octanol–water partition coefficient (Wildman–Crippen LogP) is 2.95. The zero-order valence-electron chi connectivity index (χ0n) is 11.3. The summed E-state index contributed by atoms with van der Waals surface area (Å²) < 4.78 is 17.1. The van der Waals surface area contributed by atoms with Crippen LogP contribution in [0.3, 0.4) is 0 Å². The Balaban J connectivity index is 0. The molecule has 0 N–H and O–H groups in total. The van der Waals surface area contributed by atoms with Crippen molar-refractivity contribution in [1.29, 1.82) is 0 Å². The third-order valence-corrected chi connectivity index (χ3v) is 6.20. The first kappa shape index (κ1) is 21.0. The average Bonchev–Trinajstić information content (AvgIpc) is 2.30. The number of rotatable bonds is 7. The molecule has 108 valence electrons. The number of halogens is 3. The Kier molecular flexibility index (Phi) is 14.8. The van der Waals surface area contributed by atoms with Crippen molar-refractivity contribution in [3.05, 3.63) is 21.4 Å². The summed E-state index contributed by atoms with van der Waals surface area (Å²) in [5.74, 6) is 0. The highest BCUT2D eigenvalue weighted by Crippen LogP contribution is 2.13. The van der Waals surface area contributed by atoms with E-state index in [-0.39, 0.29) is 4.49 Å². The molecule has 0 heterocycles. The fourth-order valence-electron chi connectivity index (χ4n) is 0.905. The van der Waals surface area contributed by atoms with Crippen molar-refractivity contribution in [3.63, 3.8) is 0 Å². The molecule has 0 aromatic heterocycles. The lowest BCUT2D eigenvalue weighted by Gasteiger charge is -2.24. The van der Waals surface area contributed by atoms with Gasteiger partial charge in [0.05, 0.1) is 10.2 Å². The maximum Gasteiger partial charge on any atom is 0.528 e. The fraction of sp³-hybridized carbons (Fsp3) is 0.600. The minimum absolute atomic E-state index is 0.198. The Bertz CT molecular complexity index is 228. The lowest BCUT2D eigenvalue weighted by atomic mass is 10.9. The smallest absolute Gasteiger partial charge is 0.371 e. The molecule has 0 amide bonds. The van der Waals surface area contributed by atoms with E-state index in [1.54, 1.807) is 5.70 Å². The van der Waals surface area contributed by atoms with Crippen LogP contribution in [0.15, 0.2) is 21.4 Å². The van der Waals surface area contributed by atoms with Gasteiger partial charge in [0, 0.05) is 24.5 Å². The molecule has 0 spiro atoms. The summed E-state index contributed by atoms with van der Waals surface area (Å²) in [6.07, 6.45) is 0. The molecule has 0 aromatic rings. The van der Waals surface area contributed by atoms with Gasteiger partial charge in [0.2, 0.25) is 0 Å². The van der Waals surface area contributed by atoms with Crippen molar-refractivity contribution in [3.8, 4) is 0 Å². The fourth-order valence-corrected chi connectivity index (χ4v) is 2.72. The molecule has 0 aliphatic rings. The lowest BCUT2D eigenvalue weighted by Crippen LogP contribution is -2.44. The quantitative estimate of drug-likeness (QED) is 0.660. The van der Waals surface area contributed by atoms with Gasteiger partial charge in [0.15, 0.2) is 0 Å². The van der Waals surface area contributed by atoms with Crippen LogP contribution in [-0.2, 0) is 13.3 Å². The Hall–Kier alpha value is 0.664. The van der Waals surface area contributed by atoms with Crippen LogP contribution in [0.5, 0.6) is 0 Å². The van der Waals surface area contributed by atoms with E-state index in [2.05, 4.69) is 6.58 Å². The Labute approximate surface area is 129 Å². The van der Waals surface area contributed by atoms with E-state index in [4.69, 9.17) is 48.1 Å². The summed E-state index contributed by atoms with van der Waals surface area (Å²) in [6.45, 7) is 11.2. The number of hydrogen-bond acceptors (Lipinski definition) is 3. The third kappa shape index (κ3) is 10.6. The van der Waals surface area contributed by atoms with Crippen molar-refractivity contribution < 1.29 is 13.3 Å². The minimum Gasteiger partial charge on any atom is -0.371 e. The standard InChI is InChI=1S/C8H18O3Si.C2H3Cl3Si/c1-5-9-12(8-4,10-6-2)11-7-3;3-1(4)2(5)6/h8H,4-7H2,1-3H3;6H3. The molecule has 0 aromatic carbocycles. The molecule has 0 radical (unpaired) electrons. The second-order valence-electron chi connectivity index (χ2n) is 2.90. The van der Waals surface area contributed by atoms with E-state index >= 15 is 0 Å². The van der Waals surface area contributed by atoms with Crippen molar-refractivity contribution in [1.82, 2.24) is 0 Å². The van der Waals surface area contributed by atoms with Crippen molar-refractivity contribution in [2.45, 2.75) is 20.8 Å². The molecule has 18 heavy (non-hydrogen) atoms. The molecule has 0 aliphatic carbocycles. The van der Waals surface area contributed by atoms with Crippen LogP contribution in [0.1, 0.15) is 20.8 Å². The van der Waals surface area contributed by atoms with Crippen LogP contribution in [-0.4, -0.2) is 38.9 Å². The topological polar surface area (TPSA) is 27.7 Å². The lowest BCUT2D eigenvalue weighted by molar-refractivity contribution is 0.0844. The molecule has 8 heteroatoms. The first-order valence-electron chi connectivity index (χ1n) is 5.61. The van der Waals surface area contributed by atoms with E-state index in [1.165, 1.54) is 0 Å². The van der Waals surface area contributed by atoms with Gasteiger partial charge in [0.25, 0.3) is 0 Å². The molecular weight excluding hydrogens is 331 g/mol. The van der Waals surface area contributed by atoms with Gasteiger partial charge in [-0.15, -0.1) is 0 Å². The molecule has 0 rings (SSSR count). The van der Waals surface area contributed by atoms with Gasteiger partial charge >= 0.3 is 8.80 Å². The van der Waals surface area contributed by atoms with Gasteiger partial charge in [-0.3, -0.25) is 0 Å². The van der Waals surface area contributed by atoms with E-state index in [0.29, 0.717) is 24.5 Å². The summed E-state index contributed by atoms with van der Waals surface area (Å²) in [7, 11) is -1.77. The van der Waals surface area contributed by atoms with Gasteiger partial charge in [-0.25, -0.2) is 0 Å². The molecule has 0 fully saturated rings. The van der Waals surface area contributed by atoms with E-state index in [1.807, 2.05) is 20.8 Å². The minimum atomic E-state index is -2.51. The second-order valence-corrected chi connectivity index (χ2v) is 8.53. The van der Waals surface area contributed by atoms with Crippen LogP contribution in [0.2, 0.25) is 0 Å². The highest BCUT2D eigenvalue weighted by Gasteiger charge is 2.36. The van der Waals surface area contributed by atoms with E-state index < -0.39 is 8.80 Å². The SMILES string of the molecule is C=C[Si](OCC)(OCC)OCC.[SiH3]C(Cl)=C(Cl)Cl. The maximum atomic E-state index is 5.44. The van der Waals surface area contributed by atoms with Crippen LogP contribution in [0.4, 0.5) is 0 Å². The average molecular weight is 352 g/mol. The number of hydrogen-bond donors (Lipinski definition) is 0. The van der Waals surface area contributed by atoms with Gasteiger partial charge in [-0.2, -0.15) is 0 Å². The highest BCUT2D eigenvalue weighted by atomic mass is 35.5. The first-order chi connectivity index (χ1) is 8.39. The molecular formula is C10H21Cl3O3Si2. The summed E-state index contributed by atoms with van der Waals surface area (Å²) in [6, 6.07) is 0. The first-order valence-corrected chi connectivity index (χ1v) is 9.55. The normalized spacial score (nSPS) is 10.6.